The fraction of sp³-hybridized carbons (Fsp3) is 0.846. The van der Waals surface area contributed by atoms with Crippen LogP contribution in [0.4, 0.5) is 0 Å². The third kappa shape index (κ3) is 4.07. The van der Waals surface area contributed by atoms with Crippen molar-refractivity contribution in [3.8, 4) is 0 Å². The van der Waals surface area contributed by atoms with Crippen molar-refractivity contribution < 1.29 is 4.52 Å². The highest BCUT2D eigenvalue weighted by atomic mass is 16.5. The van der Waals surface area contributed by atoms with E-state index in [0.717, 1.165) is 37.3 Å². The van der Waals surface area contributed by atoms with Gasteiger partial charge in [0.2, 0.25) is 5.89 Å². The van der Waals surface area contributed by atoms with Gasteiger partial charge in [-0.3, -0.25) is 4.90 Å². The zero-order valence-corrected chi connectivity index (χ0v) is 11.7. The van der Waals surface area contributed by atoms with E-state index >= 15 is 0 Å². The van der Waals surface area contributed by atoms with Crippen molar-refractivity contribution >= 4 is 0 Å². The second-order valence-electron chi connectivity index (χ2n) is 5.55. The zero-order valence-electron chi connectivity index (χ0n) is 11.7. The molecule has 0 aromatic carbocycles. The van der Waals surface area contributed by atoms with Gasteiger partial charge in [0.1, 0.15) is 0 Å². The lowest BCUT2D eigenvalue weighted by atomic mass is 9.93. The number of likely N-dealkylation sites (tertiary alicyclic amines) is 1. The molecule has 2 heterocycles. The average molecular weight is 252 g/mol. The minimum atomic E-state index is 0.728. The van der Waals surface area contributed by atoms with E-state index in [-0.39, 0.29) is 0 Å². The Morgan fingerprint density at radius 2 is 2.06 bits per heavy atom. The summed E-state index contributed by atoms with van der Waals surface area (Å²) in [4.78, 5) is 8.94. The van der Waals surface area contributed by atoms with Gasteiger partial charge in [-0.1, -0.05) is 5.16 Å². The van der Waals surface area contributed by atoms with Gasteiger partial charge in [0.05, 0.1) is 6.54 Å². The summed E-state index contributed by atoms with van der Waals surface area (Å²) in [6, 6.07) is 0. The van der Waals surface area contributed by atoms with E-state index in [0.29, 0.717) is 0 Å². The maximum atomic E-state index is 5.16. The van der Waals surface area contributed by atoms with Crippen LogP contribution in [0.1, 0.15) is 31.0 Å². The van der Waals surface area contributed by atoms with Crippen LogP contribution in [0.3, 0.4) is 0 Å². The molecule has 0 saturated carbocycles. The molecule has 1 aliphatic rings. The molecule has 0 radical (unpaired) electrons. The van der Waals surface area contributed by atoms with Gasteiger partial charge >= 0.3 is 0 Å². The minimum Gasteiger partial charge on any atom is -0.338 e. The van der Waals surface area contributed by atoms with Gasteiger partial charge in [0.25, 0.3) is 0 Å². The maximum Gasteiger partial charge on any atom is 0.240 e. The zero-order chi connectivity index (χ0) is 13.0. The molecule has 0 amide bonds. The number of aryl methyl sites for hydroxylation is 1. The number of piperidine rings is 1. The Kier molecular flexibility index (Phi) is 4.72. The number of nitrogens with zero attached hydrogens (tertiary/aromatic N) is 4. The van der Waals surface area contributed by atoms with Crippen LogP contribution in [-0.2, 0) is 6.54 Å². The van der Waals surface area contributed by atoms with Gasteiger partial charge in [0.15, 0.2) is 5.82 Å². The Labute approximate surface area is 109 Å². The summed E-state index contributed by atoms with van der Waals surface area (Å²) >= 11 is 0. The lowest BCUT2D eigenvalue weighted by Crippen LogP contribution is -2.34. The molecule has 1 aliphatic heterocycles. The highest BCUT2D eigenvalue weighted by Crippen LogP contribution is 2.21. The van der Waals surface area contributed by atoms with Crippen LogP contribution < -0.4 is 0 Å². The number of hydrogen-bond donors (Lipinski definition) is 0. The van der Waals surface area contributed by atoms with E-state index in [9.17, 15) is 0 Å². The molecule has 5 nitrogen and oxygen atoms in total. The summed E-state index contributed by atoms with van der Waals surface area (Å²) in [5.41, 5.74) is 0. The van der Waals surface area contributed by atoms with Crippen LogP contribution >= 0.6 is 0 Å². The Morgan fingerprint density at radius 1 is 1.33 bits per heavy atom. The van der Waals surface area contributed by atoms with E-state index in [1.165, 1.54) is 25.8 Å². The molecule has 102 valence electrons. The fourth-order valence-electron chi connectivity index (χ4n) is 2.47. The van der Waals surface area contributed by atoms with Gasteiger partial charge in [-0.05, 0) is 65.8 Å². The molecule has 5 heteroatoms. The summed E-state index contributed by atoms with van der Waals surface area (Å²) in [5.74, 6) is 2.36. The molecule has 1 saturated heterocycles. The molecular weight excluding hydrogens is 228 g/mol. The highest BCUT2D eigenvalue weighted by Gasteiger charge is 2.20. The van der Waals surface area contributed by atoms with Gasteiger partial charge in [-0.15, -0.1) is 0 Å². The molecular formula is C13H24N4O. The van der Waals surface area contributed by atoms with Gasteiger partial charge in [0, 0.05) is 0 Å². The monoisotopic (exact) mass is 252 g/mol. The van der Waals surface area contributed by atoms with Crippen molar-refractivity contribution in [1.82, 2.24) is 19.9 Å². The first-order valence-corrected chi connectivity index (χ1v) is 6.80. The topological polar surface area (TPSA) is 45.4 Å². The van der Waals surface area contributed by atoms with Crippen LogP contribution in [0.25, 0.3) is 0 Å². The third-order valence-corrected chi connectivity index (χ3v) is 3.62. The van der Waals surface area contributed by atoms with Crippen molar-refractivity contribution in [3.05, 3.63) is 11.7 Å². The molecule has 0 spiro atoms. The number of aromatic nitrogens is 2. The Bertz CT molecular complexity index is 356. The molecule has 1 fully saturated rings. The Hall–Kier alpha value is -0.940. The smallest absolute Gasteiger partial charge is 0.240 e. The molecule has 0 bridgehead atoms. The van der Waals surface area contributed by atoms with Crippen LogP contribution in [0.15, 0.2) is 4.52 Å². The average Bonchev–Trinajstić information content (AvgIpc) is 2.74. The highest BCUT2D eigenvalue weighted by molar-refractivity contribution is 4.84. The van der Waals surface area contributed by atoms with E-state index in [4.69, 9.17) is 4.52 Å². The number of hydrogen-bond acceptors (Lipinski definition) is 5. The standard InChI is InChI=1S/C13H24N4O/c1-11-14-13(18-15-11)10-17-8-5-12(6-9-17)4-7-16(2)3/h12H,4-10H2,1-3H3. The van der Waals surface area contributed by atoms with Gasteiger partial charge in [-0.2, -0.15) is 4.98 Å². The summed E-state index contributed by atoms with van der Waals surface area (Å²) in [6.07, 6.45) is 3.91. The second-order valence-corrected chi connectivity index (χ2v) is 5.55. The van der Waals surface area contributed by atoms with Crippen molar-refractivity contribution in [3.63, 3.8) is 0 Å². The summed E-state index contributed by atoms with van der Waals surface area (Å²) in [6.45, 7) is 6.17. The fourth-order valence-corrected chi connectivity index (χ4v) is 2.47. The van der Waals surface area contributed by atoms with Gasteiger partial charge in [-0.25, -0.2) is 0 Å². The first kappa shape index (κ1) is 13.5. The van der Waals surface area contributed by atoms with Crippen molar-refractivity contribution in [1.29, 1.82) is 0 Å². The molecule has 2 rings (SSSR count). The largest absolute Gasteiger partial charge is 0.338 e. The number of rotatable bonds is 5. The molecule has 0 aliphatic carbocycles. The van der Waals surface area contributed by atoms with Crippen LogP contribution in [-0.4, -0.2) is 53.7 Å². The van der Waals surface area contributed by atoms with Crippen molar-refractivity contribution in [2.75, 3.05) is 33.7 Å². The second kappa shape index (κ2) is 6.29. The first-order valence-electron chi connectivity index (χ1n) is 6.80. The predicted octanol–water partition coefficient (Wildman–Crippen LogP) is 1.54. The van der Waals surface area contributed by atoms with Crippen LogP contribution in [0, 0.1) is 12.8 Å². The van der Waals surface area contributed by atoms with Crippen LogP contribution in [0.2, 0.25) is 0 Å². The van der Waals surface area contributed by atoms with Crippen molar-refractivity contribution in [2.45, 2.75) is 32.7 Å². The molecule has 1 aromatic heterocycles. The lowest BCUT2D eigenvalue weighted by Gasteiger charge is -2.31. The van der Waals surface area contributed by atoms with Crippen molar-refractivity contribution in [2.24, 2.45) is 5.92 Å². The lowest BCUT2D eigenvalue weighted by molar-refractivity contribution is 0.150. The first-order chi connectivity index (χ1) is 8.63. The Balaban J connectivity index is 1.70. The maximum absolute atomic E-state index is 5.16. The van der Waals surface area contributed by atoms with Gasteiger partial charge < -0.3 is 9.42 Å². The molecule has 18 heavy (non-hydrogen) atoms. The van der Waals surface area contributed by atoms with E-state index < -0.39 is 0 Å². The van der Waals surface area contributed by atoms with E-state index in [1.807, 2.05) is 6.92 Å². The van der Waals surface area contributed by atoms with Crippen LogP contribution in [0.5, 0.6) is 0 Å². The predicted molar refractivity (Wildman–Crippen MR) is 70.2 cm³/mol. The summed E-state index contributed by atoms with van der Waals surface area (Å²) in [7, 11) is 4.29. The van der Waals surface area contributed by atoms with E-state index in [2.05, 4.69) is 34.0 Å². The molecule has 1 aromatic rings. The normalized spacial score (nSPS) is 18.7. The third-order valence-electron chi connectivity index (χ3n) is 3.62. The SMILES string of the molecule is Cc1noc(CN2CCC(CCN(C)C)CC2)n1. The molecule has 0 atom stereocenters. The molecule has 0 N–H and O–H groups in total. The Morgan fingerprint density at radius 3 is 2.61 bits per heavy atom. The summed E-state index contributed by atoms with van der Waals surface area (Å²) < 4.78 is 5.16. The summed E-state index contributed by atoms with van der Waals surface area (Å²) in [5, 5.41) is 3.83. The minimum absolute atomic E-state index is 0.728. The molecule has 0 unspecified atom stereocenters. The van der Waals surface area contributed by atoms with E-state index in [1.54, 1.807) is 0 Å². The quantitative estimate of drug-likeness (QED) is 0.795.